The van der Waals surface area contributed by atoms with Crippen LogP contribution < -0.4 is 5.73 Å². The highest BCUT2D eigenvalue weighted by Gasteiger charge is 2.33. The van der Waals surface area contributed by atoms with Gasteiger partial charge in [0, 0.05) is 32.7 Å². The molecule has 1 fully saturated rings. The Balaban J connectivity index is 2.41. The van der Waals surface area contributed by atoms with Gasteiger partial charge in [0.15, 0.2) is 0 Å². The zero-order valence-corrected chi connectivity index (χ0v) is 8.48. The van der Waals surface area contributed by atoms with Crippen LogP contribution in [0.2, 0.25) is 0 Å². The summed E-state index contributed by atoms with van der Waals surface area (Å²) >= 11 is 0. The number of ether oxygens (including phenoxy) is 1. The fraction of sp³-hybridized carbons (Fsp3) is 0.889. The minimum atomic E-state index is -0.559. The average molecular weight is 202 g/mol. The third kappa shape index (κ3) is 2.67. The quantitative estimate of drug-likeness (QED) is 0.609. The maximum atomic E-state index is 11.4. The number of nitrogens with zero attached hydrogens (tertiary/aromatic N) is 1. The molecule has 0 aliphatic carbocycles. The lowest BCUT2D eigenvalue weighted by Gasteiger charge is -2.15. The Bertz CT molecular complexity index is 198. The van der Waals surface area contributed by atoms with Crippen molar-refractivity contribution in [2.24, 2.45) is 5.73 Å². The second-order valence-corrected chi connectivity index (χ2v) is 3.40. The lowest BCUT2D eigenvalue weighted by atomic mass is 10.3. The molecule has 0 radical (unpaired) electrons. The predicted molar refractivity (Wildman–Crippen MR) is 51.7 cm³/mol. The van der Waals surface area contributed by atoms with E-state index < -0.39 is 6.10 Å². The number of β-amino-alcohol motifs (C(OH)–C–C–N with tert-alkyl or cyclic N) is 1. The molecule has 82 valence electrons. The molecule has 14 heavy (non-hydrogen) atoms. The third-order valence-corrected chi connectivity index (χ3v) is 2.33. The van der Waals surface area contributed by atoms with Crippen LogP contribution in [-0.4, -0.2) is 54.4 Å². The van der Waals surface area contributed by atoms with Crippen molar-refractivity contribution < 1.29 is 14.6 Å². The smallest absolute Gasteiger partial charge is 0.224 e. The van der Waals surface area contributed by atoms with Crippen LogP contribution in [0.15, 0.2) is 0 Å². The first-order valence-corrected chi connectivity index (χ1v) is 4.96. The molecule has 0 saturated carbocycles. The van der Waals surface area contributed by atoms with Gasteiger partial charge >= 0.3 is 0 Å². The number of likely N-dealkylation sites (tertiary alicyclic amines) is 1. The van der Waals surface area contributed by atoms with Crippen LogP contribution in [-0.2, 0) is 9.53 Å². The van der Waals surface area contributed by atoms with Gasteiger partial charge in [0.2, 0.25) is 5.91 Å². The highest BCUT2D eigenvalue weighted by molar-refractivity contribution is 5.76. The second kappa shape index (κ2) is 5.29. The van der Waals surface area contributed by atoms with Crippen LogP contribution in [0.4, 0.5) is 0 Å². The van der Waals surface area contributed by atoms with E-state index in [4.69, 9.17) is 10.5 Å². The van der Waals surface area contributed by atoms with Crippen LogP contribution in [0.1, 0.15) is 13.3 Å². The van der Waals surface area contributed by atoms with E-state index in [0.717, 1.165) is 0 Å². The van der Waals surface area contributed by atoms with Crippen molar-refractivity contribution in [1.29, 1.82) is 0 Å². The molecular weight excluding hydrogens is 184 g/mol. The first-order valence-electron chi connectivity index (χ1n) is 4.96. The number of nitrogens with two attached hydrogens (primary N) is 1. The van der Waals surface area contributed by atoms with Crippen LogP contribution >= 0.6 is 0 Å². The van der Waals surface area contributed by atoms with E-state index in [0.29, 0.717) is 32.7 Å². The van der Waals surface area contributed by atoms with Gasteiger partial charge in [-0.25, -0.2) is 0 Å². The summed E-state index contributed by atoms with van der Waals surface area (Å²) in [4.78, 5) is 13.0. The SMILES string of the molecule is CCOC1CN(C(=O)CCN)CC1O. The fourth-order valence-electron chi connectivity index (χ4n) is 1.62. The topological polar surface area (TPSA) is 75.8 Å². The molecule has 0 aromatic heterocycles. The van der Waals surface area contributed by atoms with Crippen LogP contribution in [0.5, 0.6) is 0 Å². The van der Waals surface area contributed by atoms with Crippen molar-refractivity contribution in [1.82, 2.24) is 4.90 Å². The summed E-state index contributed by atoms with van der Waals surface area (Å²) in [6.45, 7) is 3.62. The van der Waals surface area contributed by atoms with Crippen molar-refractivity contribution in [2.45, 2.75) is 25.6 Å². The molecule has 5 heteroatoms. The summed E-state index contributed by atoms with van der Waals surface area (Å²) in [6, 6.07) is 0. The van der Waals surface area contributed by atoms with Gasteiger partial charge in [0.1, 0.15) is 6.10 Å². The maximum Gasteiger partial charge on any atom is 0.224 e. The lowest BCUT2D eigenvalue weighted by Crippen LogP contribution is -2.31. The summed E-state index contributed by atoms with van der Waals surface area (Å²) in [6.07, 6.45) is -0.454. The molecule has 0 spiro atoms. The molecule has 1 aliphatic heterocycles. The number of aliphatic hydroxyl groups excluding tert-OH is 1. The Kier molecular flexibility index (Phi) is 4.31. The number of hydrogen-bond donors (Lipinski definition) is 2. The zero-order chi connectivity index (χ0) is 10.6. The molecular formula is C9H18N2O3. The molecule has 0 bridgehead atoms. The van der Waals surface area contributed by atoms with Crippen molar-refractivity contribution >= 4 is 5.91 Å². The normalized spacial score (nSPS) is 26.9. The predicted octanol–water partition coefficient (Wildman–Crippen LogP) is -1.06. The molecule has 2 unspecified atom stereocenters. The Hall–Kier alpha value is -0.650. The molecule has 5 nitrogen and oxygen atoms in total. The molecule has 3 N–H and O–H groups in total. The van der Waals surface area contributed by atoms with Crippen molar-refractivity contribution in [3.63, 3.8) is 0 Å². The molecule has 1 amide bonds. The van der Waals surface area contributed by atoms with Crippen molar-refractivity contribution in [2.75, 3.05) is 26.2 Å². The fourth-order valence-corrected chi connectivity index (χ4v) is 1.62. The summed E-state index contributed by atoms with van der Waals surface area (Å²) in [5.41, 5.74) is 5.28. The van der Waals surface area contributed by atoms with E-state index in [9.17, 15) is 9.90 Å². The average Bonchev–Trinajstić information content (AvgIpc) is 2.49. The Morgan fingerprint density at radius 2 is 2.36 bits per heavy atom. The minimum absolute atomic E-state index is 0.00578. The molecule has 1 rings (SSSR count). The second-order valence-electron chi connectivity index (χ2n) is 3.40. The molecule has 1 saturated heterocycles. The van der Waals surface area contributed by atoms with Gasteiger partial charge in [-0.05, 0) is 6.92 Å². The van der Waals surface area contributed by atoms with Gasteiger partial charge < -0.3 is 20.5 Å². The van der Waals surface area contributed by atoms with E-state index in [1.807, 2.05) is 6.92 Å². The Labute approximate surface area is 83.8 Å². The molecule has 2 atom stereocenters. The van der Waals surface area contributed by atoms with Gasteiger partial charge in [-0.2, -0.15) is 0 Å². The standard InChI is InChI=1S/C9H18N2O3/c1-2-14-8-6-11(5-7(8)12)9(13)3-4-10/h7-8,12H,2-6,10H2,1H3. The number of carbonyl (C=O) groups excluding carboxylic acids is 1. The summed E-state index contributed by atoms with van der Waals surface area (Å²) in [5.74, 6) is -0.00578. The Morgan fingerprint density at radius 3 is 2.93 bits per heavy atom. The first-order chi connectivity index (χ1) is 6.69. The molecule has 0 aromatic rings. The molecule has 1 heterocycles. The van der Waals surface area contributed by atoms with Gasteiger partial charge in [-0.15, -0.1) is 0 Å². The van der Waals surface area contributed by atoms with Gasteiger partial charge in [0.25, 0.3) is 0 Å². The van der Waals surface area contributed by atoms with E-state index in [1.165, 1.54) is 0 Å². The van der Waals surface area contributed by atoms with E-state index in [1.54, 1.807) is 4.90 Å². The van der Waals surface area contributed by atoms with E-state index in [2.05, 4.69) is 0 Å². The van der Waals surface area contributed by atoms with Crippen LogP contribution in [0, 0.1) is 0 Å². The summed E-state index contributed by atoms with van der Waals surface area (Å²) < 4.78 is 5.30. The zero-order valence-electron chi connectivity index (χ0n) is 8.48. The number of hydrogen-bond acceptors (Lipinski definition) is 4. The van der Waals surface area contributed by atoms with Gasteiger partial charge in [-0.3, -0.25) is 4.79 Å². The highest BCUT2D eigenvalue weighted by atomic mass is 16.5. The number of rotatable bonds is 4. The summed E-state index contributed by atoms with van der Waals surface area (Å²) in [5, 5.41) is 9.56. The van der Waals surface area contributed by atoms with Crippen LogP contribution in [0.25, 0.3) is 0 Å². The number of carbonyl (C=O) groups is 1. The highest BCUT2D eigenvalue weighted by Crippen LogP contribution is 2.14. The molecule has 0 aromatic carbocycles. The van der Waals surface area contributed by atoms with Crippen LogP contribution in [0.3, 0.4) is 0 Å². The first kappa shape index (κ1) is 11.4. The maximum absolute atomic E-state index is 11.4. The minimum Gasteiger partial charge on any atom is -0.388 e. The third-order valence-electron chi connectivity index (χ3n) is 2.33. The van der Waals surface area contributed by atoms with Gasteiger partial charge in [-0.1, -0.05) is 0 Å². The van der Waals surface area contributed by atoms with Crippen molar-refractivity contribution in [3.05, 3.63) is 0 Å². The van der Waals surface area contributed by atoms with E-state index >= 15 is 0 Å². The lowest BCUT2D eigenvalue weighted by molar-refractivity contribution is -0.130. The summed E-state index contributed by atoms with van der Waals surface area (Å²) in [7, 11) is 0. The van der Waals surface area contributed by atoms with E-state index in [-0.39, 0.29) is 12.0 Å². The largest absolute Gasteiger partial charge is 0.388 e. The molecule has 1 aliphatic rings. The van der Waals surface area contributed by atoms with Crippen molar-refractivity contribution in [3.8, 4) is 0 Å². The van der Waals surface area contributed by atoms with Gasteiger partial charge in [0.05, 0.1) is 6.10 Å². The monoisotopic (exact) mass is 202 g/mol. The Morgan fingerprint density at radius 1 is 1.64 bits per heavy atom. The number of amides is 1. The number of aliphatic hydroxyl groups is 1.